The second-order valence-corrected chi connectivity index (χ2v) is 4.83. The van der Waals surface area contributed by atoms with Gasteiger partial charge in [-0.1, -0.05) is 12.8 Å². The third kappa shape index (κ3) is 3.59. The van der Waals surface area contributed by atoms with Crippen molar-refractivity contribution in [1.29, 1.82) is 0 Å². The maximum absolute atomic E-state index is 11.5. The van der Waals surface area contributed by atoms with Gasteiger partial charge in [0.05, 0.1) is 24.6 Å². The van der Waals surface area contributed by atoms with Crippen LogP contribution in [0.1, 0.15) is 48.9 Å². The van der Waals surface area contributed by atoms with Crippen molar-refractivity contribution in [2.24, 2.45) is 0 Å². The molecule has 2 N–H and O–H groups in total. The van der Waals surface area contributed by atoms with Crippen molar-refractivity contribution < 1.29 is 14.3 Å². The zero-order valence-electron chi connectivity index (χ0n) is 11.2. The molecule has 5 heteroatoms. The van der Waals surface area contributed by atoms with Gasteiger partial charge < -0.3 is 15.2 Å². The second-order valence-electron chi connectivity index (χ2n) is 4.83. The highest BCUT2D eigenvalue weighted by Crippen LogP contribution is 2.23. The van der Waals surface area contributed by atoms with E-state index >= 15 is 0 Å². The number of anilines is 1. The molecule has 1 fully saturated rings. The first kappa shape index (κ1) is 13.6. The number of ether oxygens (including phenoxy) is 2. The SMILES string of the molecule is COC(=O)c1cc(OC2CCCCCC2)ncc1N. The summed E-state index contributed by atoms with van der Waals surface area (Å²) in [7, 11) is 1.33. The van der Waals surface area contributed by atoms with Gasteiger partial charge in [-0.3, -0.25) is 0 Å². The van der Waals surface area contributed by atoms with E-state index in [0.717, 1.165) is 12.8 Å². The number of esters is 1. The van der Waals surface area contributed by atoms with Gasteiger partial charge in [0.1, 0.15) is 6.10 Å². The number of carbonyl (C=O) groups excluding carboxylic acids is 1. The third-order valence-corrected chi connectivity index (χ3v) is 3.40. The highest BCUT2D eigenvalue weighted by Gasteiger charge is 2.17. The number of aromatic nitrogens is 1. The highest BCUT2D eigenvalue weighted by molar-refractivity contribution is 5.95. The zero-order chi connectivity index (χ0) is 13.7. The van der Waals surface area contributed by atoms with Crippen molar-refractivity contribution in [3.8, 4) is 5.88 Å². The van der Waals surface area contributed by atoms with Gasteiger partial charge in [-0.2, -0.15) is 0 Å². The normalized spacial score (nSPS) is 16.7. The van der Waals surface area contributed by atoms with Gasteiger partial charge in [0, 0.05) is 6.07 Å². The second kappa shape index (κ2) is 6.41. The van der Waals surface area contributed by atoms with Crippen LogP contribution in [0.5, 0.6) is 5.88 Å². The minimum absolute atomic E-state index is 0.184. The van der Waals surface area contributed by atoms with Gasteiger partial charge in [-0.15, -0.1) is 0 Å². The molecular formula is C14H20N2O3. The number of rotatable bonds is 3. The van der Waals surface area contributed by atoms with Crippen LogP contribution in [0.3, 0.4) is 0 Å². The monoisotopic (exact) mass is 264 g/mol. The summed E-state index contributed by atoms with van der Waals surface area (Å²) in [6, 6.07) is 1.56. The molecule has 0 aliphatic heterocycles. The lowest BCUT2D eigenvalue weighted by atomic mass is 10.1. The zero-order valence-corrected chi connectivity index (χ0v) is 11.2. The average molecular weight is 264 g/mol. The number of carbonyl (C=O) groups is 1. The van der Waals surface area contributed by atoms with E-state index in [0.29, 0.717) is 17.1 Å². The first-order valence-electron chi connectivity index (χ1n) is 6.71. The molecule has 1 saturated carbocycles. The lowest BCUT2D eigenvalue weighted by Crippen LogP contribution is -2.16. The van der Waals surface area contributed by atoms with Crippen molar-refractivity contribution >= 4 is 11.7 Å². The molecule has 0 amide bonds. The smallest absolute Gasteiger partial charge is 0.340 e. The molecule has 1 heterocycles. The Labute approximate surface area is 113 Å². The molecule has 19 heavy (non-hydrogen) atoms. The van der Waals surface area contributed by atoms with E-state index in [9.17, 15) is 4.79 Å². The Morgan fingerprint density at radius 1 is 1.32 bits per heavy atom. The van der Waals surface area contributed by atoms with Crippen molar-refractivity contribution in [3.05, 3.63) is 17.8 Å². The molecule has 1 aliphatic rings. The molecule has 0 saturated heterocycles. The molecule has 1 aromatic rings. The summed E-state index contributed by atoms with van der Waals surface area (Å²) < 4.78 is 10.5. The lowest BCUT2D eigenvalue weighted by molar-refractivity contribution is 0.0600. The molecule has 0 radical (unpaired) electrons. The minimum Gasteiger partial charge on any atom is -0.474 e. The van der Waals surface area contributed by atoms with E-state index in [2.05, 4.69) is 9.72 Å². The number of hydrogen-bond acceptors (Lipinski definition) is 5. The summed E-state index contributed by atoms with van der Waals surface area (Å²) in [6.45, 7) is 0. The number of nitrogen functional groups attached to an aromatic ring is 1. The van der Waals surface area contributed by atoms with E-state index < -0.39 is 5.97 Å². The van der Waals surface area contributed by atoms with Crippen LogP contribution in [0.4, 0.5) is 5.69 Å². The van der Waals surface area contributed by atoms with Crippen LogP contribution in [0, 0.1) is 0 Å². The van der Waals surface area contributed by atoms with Crippen LogP contribution in [0.25, 0.3) is 0 Å². The van der Waals surface area contributed by atoms with E-state index in [1.807, 2.05) is 0 Å². The number of pyridine rings is 1. The van der Waals surface area contributed by atoms with Crippen molar-refractivity contribution in [3.63, 3.8) is 0 Å². The van der Waals surface area contributed by atoms with Crippen LogP contribution < -0.4 is 10.5 Å². The largest absolute Gasteiger partial charge is 0.474 e. The molecule has 1 aromatic heterocycles. The maximum Gasteiger partial charge on any atom is 0.340 e. The molecule has 0 aromatic carbocycles. The van der Waals surface area contributed by atoms with Gasteiger partial charge in [0.15, 0.2) is 0 Å². The van der Waals surface area contributed by atoms with Crippen LogP contribution in [-0.2, 0) is 4.74 Å². The molecular weight excluding hydrogens is 244 g/mol. The summed E-state index contributed by atoms with van der Waals surface area (Å²) >= 11 is 0. The Morgan fingerprint density at radius 2 is 2.00 bits per heavy atom. The molecule has 104 valence electrons. The van der Waals surface area contributed by atoms with E-state index in [4.69, 9.17) is 10.5 Å². The quantitative estimate of drug-likeness (QED) is 0.670. The fourth-order valence-corrected chi connectivity index (χ4v) is 2.33. The van der Waals surface area contributed by atoms with Crippen LogP contribution in [-0.4, -0.2) is 24.2 Å². The lowest BCUT2D eigenvalue weighted by Gasteiger charge is -2.16. The predicted octanol–water partition coefficient (Wildman–Crippen LogP) is 2.55. The fourth-order valence-electron chi connectivity index (χ4n) is 2.33. The number of nitrogens with zero attached hydrogens (tertiary/aromatic N) is 1. The van der Waals surface area contributed by atoms with Gasteiger partial charge in [-0.25, -0.2) is 9.78 Å². The van der Waals surface area contributed by atoms with Crippen molar-refractivity contribution in [2.75, 3.05) is 12.8 Å². The van der Waals surface area contributed by atoms with Gasteiger partial charge in [0.25, 0.3) is 0 Å². The van der Waals surface area contributed by atoms with Gasteiger partial charge in [0.2, 0.25) is 5.88 Å². The van der Waals surface area contributed by atoms with Crippen molar-refractivity contribution in [2.45, 2.75) is 44.6 Å². The summed E-state index contributed by atoms with van der Waals surface area (Å²) in [5.41, 5.74) is 6.32. The summed E-state index contributed by atoms with van der Waals surface area (Å²) in [6.07, 6.45) is 8.61. The van der Waals surface area contributed by atoms with Gasteiger partial charge >= 0.3 is 5.97 Å². The van der Waals surface area contributed by atoms with E-state index in [-0.39, 0.29) is 6.10 Å². The Hall–Kier alpha value is -1.78. The Kier molecular flexibility index (Phi) is 4.60. The molecule has 0 atom stereocenters. The minimum atomic E-state index is -0.467. The molecule has 0 spiro atoms. The van der Waals surface area contributed by atoms with E-state index in [1.54, 1.807) is 6.07 Å². The summed E-state index contributed by atoms with van der Waals surface area (Å²) in [4.78, 5) is 15.7. The topological polar surface area (TPSA) is 74.4 Å². The van der Waals surface area contributed by atoms with Crippen LogP contribution in [0.15, 0.2) is 12.3 Å². The van der Waals surface area contributed by atoms with Crippen LogP contribution >= 0.6 is 0 Å². The predicted molar refractivity (Wildman–Crippen MR) is 72.1 cm³/mol. The molecule has 0 unspecified atom stereocenters. The first-order valence-corrected chi connectivity index (χ1v) is 6.71. The van der Waals surface area contributed by atoms with Crippen LogP contribution in [0.2, 0.25) is 0 Å². The summed E-state index contributed by atoms with van der Waals surface area (Å²) in [5, 5.41) is 0. The van der Waals surface area contributed by atoms with E-state index in [1.165, 1.54) is 39.0 Å². The number of methoxy groups -OCH3 is 1. The first-order chi connectivity index (χ1) is 9.20. The fraction of sp³-hybridized carbons (Fsp3) is 0.571. The molecule has 2 rings (SSSR count). The Balaban J connectivity index is 2.09. The number of nitrogens with two attached hydrogens (primary N) is 1. The molecule has 5 nitrogen and oxygen atoms in total. The van der Waals surface area contributed by atoms with Crippen molar-refractivity contribution in [1.82, 2.24) is 4.98 Å². The summed E-state index contributed by atoms with van der Waals surface area (Å²) in [5.74, 6) is -0.0212. The average Bonchev–Trinajstić information content (AvgIpc) is 2.68. The molecule has 0 bridgehead atoms. The Bertz CT molecular complexity index is 440. The molecule has 1 aliphatic carbocycles. The number of hydrogen-bond donors (Lipinski definition) is 1. The highest BCUT2D eigenvalue weighted by atomic mass is 16.5. The third-order valence-electron chi connectivity index (χ3n) is 3.40. The maximum atomic E-state index is 11.5. The van der Waals surface area contributed by atoms with Gasteiger partial charge in [-0.05, 0) is 25.7 Å². The Morgan fingerprint density at radius 3 is 2.63 bits per heavy atom. The standard InChI is InChI=1S/C14H20N2O3/c1-18-14(17)11-8-13(16-9-12(11)15)19-10-6-4-2-3-5-7-10/h8-10H,2-7,15H2,1H3.